The molecule has 0 saturated heterocycles. The summed E-state index contributed by atoms with van der Waals surface area (Å²) < 4.78 is 0. The van der Waals surface area contributed by atoms with E-state index in [-0.39, 0.29) is 11.0 Å². The van der Waals surface area contributed by atoms with E-state index in [0.717, 1.165) is 17.3 Å². The molecular weight excluding hydrogens is 314 g/mol. The van der Waals surface area contributed by atoms with Crippen molar-refractivity contribution < 1.29 is 19.5 Å². The number of nitrogens with one attached hydrogen (secondary N) is 1. The maximum Gasteiger partial charge on any atom is 0.326 e. The Morgan fingerprint density at radius 2 is 1.78 bits per heavy atom. The van der Waals surface area contributed by atoms with E-state index in [9.17, 15) is 19.5 Å². The first kappa shape index (κ1) is 19.2. The molecule has 0 heterocycles. The van der Waals surface area contributed by atoms with Gasteiger partial charge in [-0.25, -0.2) is 4.79 Å². The highest BCUT2D eigenvalue weighted by molar-refractivity contribution is 8.14. The predicted molar refractivity (Wildman–Crippen MR) is 91.2 cm³/mol. The van der Waals surface area contributed by atoms with Crippen molar-refractivity contribution in [3.8, 4) is 0 Å². The molecule has 126 valence electrons. The SMILES string of the molecule is CC(=O)S[C@H](Cc1ccccc1)C(=O)NC(CC(C)C)C(=O)O. The van der Waals surface area contributed by atoms with E-state index in [0.29, 0.717) is 12.8 Å². The van der Waals surface area contributed by atoms with Crippen molar-refractivity contribution in [3.05, 3.63) is 35.9 Å². The van der Waals surface area contributed by atoms with Crippen molar-refractivity contribution in [2.24, 2.45) is 5.92 Å². The van der Waals surface area contributed by atoms with Crippen molar-refractivity contribution in [2.75, 3.05) is 0 Å². The Morgan fingerprint density at radius 1 is 1.17 bits per heavy atom. The molecule has 5 nitrogen and oxygen atoms in total. The lowest BCUT2D eigenvalue weighted by Crippen LogP contribution is -2.46. The maximum absolute atomic E-state index is 12.4. The van der Waals surface area contributed by atoms with E-state index in [4.69, 9.17) is 0 Å². The number of amides is 1. The molecule has 0 bridgehead atoms. The lowest BCUT2D eigenvalue weighted by atomic mass is 10.0. The van der Waals surface area contributed by atoms with Crippen LogP contribution >= 0.6 is 11.8 Å². The Balaban J connectivity index is 2.82. The highest BCUT2D eigenvalue weighted by Gasteiger charge is 2.27. The summed E-state index contributed by atoms with van der Waals surface area (Å²) in [6.07, 6.45) is 0.731. The van der Waals surface area contributed by atoms with Gasteiger partial charge in [-0.05, 0) is 24.3 Å². The number of aliphatic carboxylic acids is 1. The van der Waals surface area contributed by atoms with Gasteiger partial charge in [0.2, 0.25) is 5.91 Å². The molecular formula is C17H23NO4S. The molecule has 0 aliphatic heterocycles. The second kappa shape index (κ2) is 9.35. The Bertz CT molecular complexity index is 545. The fourth-order valence-electron chi connectivity index (χ4n) is 2.17. The van der Waals surface area contributed by atoms with E-state index < -0.39 is 23.2 Å². The van der Waals surface area contributed by atoms with Gasteiger partial charge < -0.3 is 10.4 Å². The number of carbonyl (C=O) groups excluding carboxylic acids is 2. The monoisotopic (exact) mass is 337 g/mol. The first-order valence-electron chi connectivity index (χ1n) is 7.54. The van der Waals surface area contributed by atoms with Crippen LogP contribution in [0.3, 0.4) is 0 Å². The van der Waals surface area contributed by atoms with Crippen LogP contribution in [0.15, 0.2) is 30.3 Å². The predicted octanol–water partition coefficient (Wildman–Crippen LogP) is 2.49. The van der Waals surface area contributed by atoms with Gasteiger partial charge in [0.05, 0.1) is 5.25 Å². The molecule has 0 spiro atoms. The quantitative estimate of drug-likeness (QED) is 0.761. The van der Waals surface area contributed by atoms with Gasteiger partial charge in [0.25, 0.3) is 0 Å². The van der Waals surface area contributed by atoms with Gasteiger partial charge in [-0.15, -0.1) is 0 Å². The Kier molecular flexibility index (Phi) is 7.81. The zero-order valence-electron chi connectivity index (χ0n) is 13.6. The third-order valence-corrected chi connectivity index (χ3v) is 4.18. The molecule has 0 saturated carbocycles. The minimum atomic E-state index is -1.06. The molecule has 6 heteroatoms. The van der Waals surface area contributed by atoms with Crippen LogP contribution in [0.25, 0.3) is 0 Å². The highest BCUT2D eigenvalue weighted by Crippen LogP contribution is 2.18. The van der Waals surface area contributed by atoms with Crippen molar-refractivity contribution >= 4 is 28.8 Å². The first-order valence-corrected chi connectivity index (χ1v) is 8.42. The number of thioether (sulfide) groups is 1. The van der Waals surface area contributed by atoms with Crippen LogP contribution in [0.5, 0.6) is 0 Å². The number of carbonyl (C=O) groups is 3. The molecule has 1 rings (SSSR count). The van der Waals surface area contributed by atoms with E-state index in [1.165, 1.54) is 6.92 Å². The van der Waals surface area contributed by atoms with E-state index in [1.54, 1.807) is 0 Å². The van der Waals surface area contributed by atoms with Gasteiger partial charge >= 0.3 is 5.97 Å². The normalized spacial score (nSPS) is 13.4. The van der Waals surface area contributed by atoms with Gasteiger partial charge in [-0.3, -0.25) is 9.59 Å². The summed E-state index contributed by atoms with van der Waals surface area (Å²) in [5.74, 6) is -1.33. The maximum atomic E-state index is 12.4. The number of hydrogen-bond donors (Lipinski definition) is 2. The molecule has 0 aromatic heterocycles. The van der Waals surface area contributed by atoms with Crippen LogP contribution in [0.1, 0.15) is 32.8 Å². The summed E-state index contributed by atoms with van der Waals surface area (Å²) in [5, 5.41) is 11.0. The molecule has 1 aromatic rings. The Labute approximate surface area is 140 Å². The lowest BCUT2D eigenvalue weighted by Gasteiger charge is -2.20. The number of rotatable bonds is 8. The number of benzene rings is 1. The Morgan fingerprint density at radius 3 is 2.26 bits per heavy atom. The van der Waals surface area contributed by atoms with Gasteiger partial charge in [-0.2, -0.15) is 0 Å². The molecule has 0 aliphatic rings. The second-order valence-corrected chi connectivity index (χ2v) is 7.20. The minimum absolute atomic E-state index is 0.143. The van der Waals surface area contributed by atoms with Crippen LogP contribution in [-0.2, 0) is 20.8 Å². The molecule has 0 radical (unpaired) electrons. The van der Waals surface area contributed by atoms with Crippen LogP contribution < -0.4 is 5.32 Å². The Hall–Kier alpha value is -1.82. The summed E-state index contributed by atoms with van der Waals surface area (Å²) in [6, 6.07) is 8.42. The fraction of sp³-hybridized carbons (Fsp3) is 0.471. The molecule has 1 amide bonds. The fourth-order valence-corrected chi connectivity index (χ4v) is 3.03. The summed E-state index contributed by atoms with van der Waals surface area (Å²) in [7, 11) is 0. The molecule has 1 aromatic carbocycles. The van der Waals surface area contributed by atoms with Crippen molar-refractivity contribution in [2.45, 2.75) is 44.9 Å². The molecule has 2 atom stereocenters. The average Bonchev–Trinajstić information content (AvgIpc) is 2.45. The van der Waals surface area contributed by atoms with Crippen LogP contribution in [0, 0.1) is 5.92 Å². The van der Waals surface area contributed by atoms with Gasteiger partial charge in [0, 0.05) is 6.92 Å². The van der Waals surface area contributed by atoms with Gasteiger partial charge in [0.1, 0.15) is 6.04 Å². The highest BCUT2D eigenvalue weighted by atomic mass is 32.2. The van der Waals surface area contributed by atoms with Crippen molar-refractivity contribution in [3.63, 3.8) is 0 Å². The molecule has 2 N–H and O–H groups in total. The molecule has 0 fully saturated rings. The van der Waals surface area contributed by atoms with Crippen molar-refractivity contribution in [1.82, 2.24) is 5.32 Å². The summed E-state index contributed by atoms with van der Waals surface area (Å²) >= 11 is 0.931. The third kappa shape index (κ3) is 7.32. The van der Waals surface area contributed by atoms with Crippen LogP contribution in [0.2, 0.25) is 0 Å². The molecule has 0 aliphatic carbocycles. The largest absolute Gasteiger partial charge is 0.480 e. The summed E-state index contributed by atoms with van der Waals surface area (Å²) in [4.78, 5) is 35.1. The zero-order chi connectivity index (χ0) is 17.4. The number of hydrogen-bond acceptors (Lipinski definition) is 4. The standard InChI is InChI=1S/C17H23NO4S/c1-11(2)9-14(17(21)22)18-16(20)15(23-12(3)19)10-13-7-5-4-6-8-13/h4-8,11,14-15H,9-10H2,1-3H3,(H,18,20)(H,21,22)/t14?,15-/m1/s1. The molecule has 1 unspecified atom stereocenters. The van der Waals surface area contributed by atoms with E-state index in [2.05, 4.69) is 5.32 Å². The van der Waals surface area contributed by atoms with Crippen molar-refractivity contribution in [1.29, 1.82) is 0 Å². The zero-order valence-corrected chi connectivity index (χ0v) is 14.4. The van der Waals surface area contributed by atoms with E-state index in [1.807, 2.05) is 44.2 Å². The summed E-state index contributed by atoms with van der Waals surface area (Å²) in [5.41, 5.74) is 0.928. The third-order valence-electron chi connectivity index (χ3n) is 3.19. The average molecular weight is 337 g/mol. The lowest BCUT2D eigenvalue weighted by molar-refractivity contribution is -0.142. The molecule has 23 heavy (non-hydrogen) atoms. The van der Waals surface area contributed by atoms with E-state index >= 15 is 0 Å². The van der Waals surface area contributed by atoms with Gasteiger partial charge in [-0.1, -0.05) is 55.9 Å². The second-order valence-electron chi connectivity index (χ2n) is 5.82. The number of carboxylic acid groups (broad SMARTS) is 1. The topological polar surface area (TPSA) is 83.5 Å². The number of carboxylic acids is 1. The van der Waals surface area contributed by atoms with Gasteiger partial charge in [0.15, 0.2) is 5.12 Å². The van der Waals surface area contributed by atoms with Crippen LogP contribution in [0.4, 0.5) is 0 Å². The van der Waals surface area contributed by atoms with Crippen LogP contribution in [-0.4, -0.2) is 33.4 Å². The minimum Gasteiger partial charge on any atom is -0.480 e. The first-order chi connectivity index (χ1) is 10.8. The smallest absolute Gasteiger partial charge is 0.326 e. The summed E-state index contributed by atoms with van der Waals surface area (Å²) in [6.45, 7) is 5.19.